The number of nitrogens with one attached hydrogen (secondary N) is 3. The van der Waals surface area contributed by atoms with Gasteiger partial charge in [0.1, 0.15) is 0 Å². The first kappa shape index (κ1) is 43.6. The Morgan fingerprint density at radius 2 is 1.03 bits per heavy atom. The lowest BCUT2D eigenvalue weighted by molar-refractivity contribution is -0.122. The molecule has 2 aliphatic heterocycles. The SMILES string of the molecule is CC1(C)C(=O)N(Cc2ccc(S(C)(=O)=O)cc2)c2cc3c4c([nH]c3cc21)-c1[nH]ncc1CCC4.CC1(C)C(=O)N(Cc2ccc(S(C)(=O)=O)cc2)c2cc3c4c([nH]c3cc21)C(=O)CCCC4. The molecule has 4 aromatic carbocycles. The molecule has 11 rings (SSSR count). The zero-order valence-electron chi connectivity index (χ0n) is 37.9. The number of hydrogen-bond acceptors (Lipinski definition) is 8. The van der Waals surface area contributed by atoms with Crippen LogP contribution in [0.2, 0.25) is 0 Å². The minimum Gasteiger partial charge on any atom is -0.353 e. The van der Waals surface area contributed by atoms with Crippen LogP contribution in [0.25, 0.3) is 33.2 Å². The number of amides is 2. The van der Waals surface area contributed by atoms with Gasteiger partial charge in [-0.2, -0.15) is 5.10 Å². The van der Waals surface area contributed by atoms with E-state index >= 15 is 0 Å². The first-order valence-electron chi connectivity index (χ1n) is 22.4. The van der Waals surface area contributed by atoms with Gasteiger partial charge >= 0.3 is 0 Å². The van der Waals surface area contributed by atoms with E-state index in [0.717, 1.165) is 111 Å². The zero-order valence-corrected chi connectivity index (χ0v) is 39.5. The van der Waals surface area contributed by atoms with Crippen LogP contribution in [0.5, 0.6) is 0 Å². The fourth-order valence-corrected chi connectivity index (χ4v) is 11.6. The van der Waals surface area contributed by atoms with Gasteiger partial charge in [-0.05, 0) is 154 Å². The average Bonchev–Trinajstić information content (AvgIpc) is 4.00. The molecule has 340 valence electrons. The largest absolute Gasteiger partial charge is 0.353 e. The summed E-state index contributed by atoms with van der Waals surface area (Å²) in [5, 5.41) is 9.57. The molecule has 0 saturated heterocycles. The molecule has 13 nitrogen and oxygen atoms in total. The summed E-state index contributed by atoms with van der Waals surface area (Å²) in [7, 11) is -6.53. The van der Waals surface area contributed by atoms with Crippen LogP contribution in [-0.2, 0) is 72.4 Å². The van der Waals surface area contributed by atoms with Crippen LogP contribution in [0.4, 0.5) is 11.4 Å². The van der Waals surface area contributed by atoms with Crippen LogP contribution in [0.1, 0.15) is 103 Å². The Kier molecular flexibility index (Phi) is 10.1. The van der Waals surface area contributed by atoms with Crippen molar-refractivity contribution in [2.24, 2.45) is 0 Å². The number of Topliss-reactive ketones (excluding diaryl/α,β-unsaturated/α-hetero) is 1. The number of hydrogen-bond donors (Lipinski definition) is 3. The summed E-state index contributed by atoms with van der Waals surface area (Å²) in [6.07, 6.45) is 10.6. The summed E-state index contributed by atoms with van der Waals surface area (Å²) in [5.41, 5.74) is 12.5. The highest BCUT2D eigenvalue weighted by Crippen LogP contribution is 2.48. The van der Waals surface area contributed by atoms with Crippen LogP contribution in [0.3, 0.4) is 0 Å². The van der Waals surface area contributed by atoms with E-state index in [-0.39, 0.29) is 27.4 Å². The topological polar surface area (TPSA) is 186 Å². The zero-order chi connectivity index (χ0) is 46.7. The smallest absolute Gasteiger partial charge is 0.237 e. The average molecular weight is 925 g/mol. The predicted molar refractivity (Wildman–Crippen MR) is 256 cm³/mol. The van der Waals surface area contributed by atoms with Crippen LogP contribution < -0.4 is 9.80 Å². The second-order valence-electron chi connectivity index (χ2n) is 19.4. The van der Waals surface area contributed by atoms with Crippen molar-refractivity contribution >= 4 is 70.5 Å². The van der Waals surface area contributed by atoms with Gasteiger partial charge in [0, 0.05) is 52.1 Å². The Morgan fingerprint density at radius 3 is 1.53 bits per heavy atom. The van der Waals surface area contributed by atoms with E-state index in [1.165, 1.54) is 23.6 Å². The molecule has 2 amide bonds. The number of aromatic nitrogens is 4. The van der Waals surface area contributed by atoms with E-state index in [2.05, 4.69) is 38.4 Å². The number of ketones is 1. The number of anilines is 2. The molecule has 0 bridgehead atoms. The van der Waals surface area contributed by atoms with Gasteiger partial charge in [-0.15, -0.1) is 0 Å². The number of sulfone groups is 2. The maximum Gasteiger partial charge on any atom is 0.237 e. The first-order valence-corrected chi connectivity index (χ1v) is 26.2. The molecule has 3 N–H and O–H groups in total. The van der Waals surface area contributed by atoms with E-state index < -0.39 is 30.5 Å². The summed E-state index contributed by atoms with van der Waals surface area (Å²) in [6.45, 7) is 8.53. The van der Waals surface area contributed by atoms with Crippen LogP contribution in [0.15, 0.2) is 88.8 Å². The maximum absolute atomic E-state index is 13.5. The molecule has 15 heteroatoms. The van der Waals surface area contributed by atoms with E-state index in [1.54, 1.807) is 53.4 Å². The summed E-state index contributed by atoms with van der Waals surface area (Å²) in [4.78, 5) is 50.5. The molecule has 66 heavy (non-hydrogen) atoms. The van der Waals surface area contributed by atoms with Crippen molar-refractivity contribution in [2.75, 3.05) is 22.3 Å². The number of aryl methyl sites for hydroxylation is 3. The fourth-order valence-electron chi connectivity index (χ4n) is 10.4. The summed E-state index contributed by atoms with van der Waals surface area (Å²) in [5.74, 6) is 0.214. The third kappa shape index (κ3) is 7.18. The second kappa shape index (κ2) is 15.4. The molecular weight excluding hydrogens is 873 g/mol. The molecule has 0 unspecified atom stereocenters. The molecule has 2 aliphatic carbocycles. The van der Waals surface area contributed by atoms with Gasteiger partial charge in [0.05, 0.1) is 57.0 Å². The number of fused-ring (bicyclic) bond motifs is 10. The minimum atomic E-state index is -3.27. The molecular formula is C51H52N6O7S2. The molecule has 4 aliphatic rings. The summed E-state index contributed by atoms with van der Waals surface area (Å²) >= 11 is 0. The van der Waals surface area contributed by atoms with E-state index in [4.69, 9.17) is 0 Å². The van der Waals surface area contributed by atoms with Crippen molar-refractivity contribution in [3.8, 4) is 11.4 Å². The van der Waals surface area contributed by atoms with Gasteiger partial charge in [0.25, 0.3) is 0 Å². The lowest BCUT2D eigenvalue weighted by Crippen LogP contribution is -2.35. The van der Waals surface area contributed by atoms with Gasteiger partial charge in [-0.25, -0.2) is 16.8 Å². The van der Waals surface area contributed by atoms with Crippen molar-refractivity contribution < 1.29 is 31.2 Å². The van der Waals surface area contributed by atoms with Crippen molar-refractivity contribution in [1.29, 1.82) is 0 Å². The number of nitrogens with zero attached hydrogens (tertiary/aromatic N) is 3. The molecule has 5 heterocycles. The van der Waals surface area contributed by atoms with Gasteiger partial charge < -0.3 is 19.8 Å². The first-order chi connectivity index (χ1) is 31.2. The Hall–Kier alpha value is -6.32. The van der Waals surface area contributed by atoms with Crippen molar-refractivity contribution in [3.05, 3.63) is 124 Å². The lowest BCUT2D eigenvalue weighted by Gasteiger charge is -2.20. The van der Waals surface area contributed by atoms with Crippen molar-refractivity contribution in [3.63, 3.8) is 0 Å². The predicted octanol–water partition coefficient (Wildman–Crippen LogP) is 8.58. The normalized spacial score (nSPS) is 17.5. The Bertz CT molecular complexity index is 3410. The number of carbonyl (C=O) groups excluding carboxylic acids is 3. The number of aromatic amines is 3. The van der Waals surface area contributed by atoms with Gasteiger partial charge in [0.15, 0.2) is 25.5 Å². The molecule has 0 spiro atoms. The fraction of sp³-hybridized carbons (Fsp3) is 0.333. The van der Waals surface area contributed by atoms with Crippen LogP contribution in [-0.4, -0.2) is 67.1 Å². The number of carbonyl (C=O) groups is 3. The molecule has 7 aromatic rings. The van der Waals surface area contributed by atoms with Crippen molar-refractivity contribution in [2.45, 2.75) is 106 Å². The number of rotatable bonds is 6. The van der Waals surface area contributed by atoms with Crippen LogP contribution >= 0.6 is 0 Å². The van der Waals surface area contributed by atoms with E-state index in [9.17, 15) is 31.2 Å². The molecule has 0 saturated carbocycles. The highest BCUT2D eigenvalue weighted by atomic mass is 32.2. The Balaban J connectivity index is 0.000000155. The highest BCUT2D eigenvalue weighted by Gasteiger charge is 2.46. The van der Waals surface area contributed by atoms with Crippen LogP contribution in [0, 0.1) is 0 Å². The lowest BCUT2D eigenvalue weighted by atomic mass is 9.85. The second-order valence-corrected chi connectivity index (χ2v) is 23.4. The van der Waals surface area contributed by atoms with Gasteiger partial charge in [0.2, 0.25) is 11.8 Å². The molecule has 3 aromatic heterocycles. The third-order valence-electron chi connectivity index (χ3n) is 14.1. The summed E-state index contributed by atoms with van der Waals surface area (Å²) in [6, 6.07) is 21.8. The number of H-pyrrole nitrogens is 3. The third-order valence-corrected chi connectivity index (χ3v) is 16.4. The number of benzene rings is 4. The quantitative estimate of drug-likeness (QED) is 0.138. The molecule has 0 fully saturated rings. The molecule has 0 atom stereocenters. The minimum absolute atomic E-state index is 0.00880. The van der Waals surface area contributed by atoms with Gasteiger partial charge in [-0.1, -0.05) is 24.3 Å². The summed E-state index contributed by atoms with van der Waals surface area (Å²) < 4.78 is 47.2. The Labute approximate surface area is 383 Å². The van der Waals surface area contributed by atoms with Crippen molar-refractivity contribution in [1.82, 2.24) is 20.2 Å². The highest BCUT2D eigenvalue weighted by molar-refractivity contribution is 7.91. The van der Waals surface area contributed by atoms with E-state index in [0.29, 0.717) is 25.2 Å². The maximum atomic E-state index is 13.5. The van der Waals surface area contributed by atoms with E-state index in [1.807, 2.05) is 44.9 Å². The monoisotopic (exact) mass is 924 g/mol. The standard InChI is InChI=1S/C26H26N4O3S.C25H26N2O4S/c1-26(2)20-12-21-19(18-6-4-5-16-13-27-29-23(16)24(18)28-21)11-22(20)30(25(26)31)14-15-7-9-17(10-8-15)34(3,32)33;1-25(2)19-13-20-18(17-6-4-5-7-22(28)23(17)26-20)12-21(19)27(24(25)29)14-15-8-10-16(11-9-15)32(3,30)31/h7-13,28H,4-6,14H2,1-3H3,(H,27,29);8-13,26H,4-7,14H2,1-3H3. The molecule has 0 radical (unpaired) electrons. The Morgan fingerprint density at radius 1 is 0.576 bits per heavy atom. The van der Waals surface area contributed by atoms with Gasteiger partial charge in [-0.3, -0.25) is 19.5 Å².